The van der Waals surface area contributed by atoms with Gasteiger partial charge in [-0.3, -0.25) is 9.59 Å². The molecule has 1 rings (SSSR count). The predicted molar refractivity (Wildman–Crippen MR) is 113 cm³/mol. The van der Waals surface area contributed by atoms with Gasteiger partial charge in [-0.1, -0.05) is 29.8 Å². The van der Waals surface area contributed by atoms with Gasteiger partial charge in [0.2, 0.25) is 11.8 Å². The summed E-state index contributed by atoms with van der Waals surface area (Å²) < 4.78 is 5.19. The number of carbonyl (C=O) groups excluding carboxylic acids is 3. The molecular weight excluding hydrogens is 370 g/mol. The van der Waals surface area contributed by atoms with Crippen molar-refractivity contribution >= 4 is 17.9 Å². The van der Waals surface area contributed by atoms with Crippen molar-refractivity contribution in [2.45, 2.75) is 79.1 Å². The molecule has 7 heteroatoms. The highest BCUT2D eigenvalue weighted by Crippen LogP contribution is 2.25. The zero-order valence-corrected chi connectivity index (χ0v) is 18.8. The molecule has 0 fully saturated rings. The molecule has 0 heterocycles. The Morgan fingerprint density at radius 1 is 1.10 bits per heavy atom. The van der Waals surface area contributed by atoms with E-state index in [2.05, 4.69) is 10.6 Å². The van der Waals surface area contributed by atoms with Crippen LogP contribution in [0.4, 0.5) is 4.79 Å². The molecule has 1 unspecified atom stereocenters. The van der Waals surface area contributed by atoms with Crippen molar-refractivity contribution in [1.29, 1.82) is 0 Å². The Labute approximate surface area is 174 Å². The van der Waals surface area contributed by atoms with Gasteiger partial charge in [0.15, 0.2) is 0 Å². The first-order chi connectivity index (χ1) is 13.3. The highest BCUT2D eigenvalue weighted by Gasteiger charge is 2.33. The first kappa shape index (κ1) is 24.5. The smallest absolute Gasteiger partial charge is 0.408 e. The third-order valence-electron chi connectivity index (χ3n) is 3.94. The molecule has 0 bridgehead atoms. The van der Waals surface area contributed by atoms with Crippen LogP contribution in [0.1, 0.15) is 65.6 Å². The number of alkyl carbamates (subject to hydrolysis) is 1. The lowest BCUT2D eigenvalue weighted by Gasteiger charge is -2.35. The second-order valence-electron chi connectivity index (χ2n) is 8.73. The zero-order chi connectivity index (χ0) is 22.4. The summed E-state index contributed by atoms with van der Waals surface area (Å²) in [5.74, 6) is -0.624. The minimum absolute atomic E-state index is 0.0705. The van der Waals surface area contributed by atoms with Crippen molar-refractivity contribution in [2.75, 3.05) is 6.54 Å². The lowest BCUT2D eigenvalue weighted by atomic mass is 10.00. The first-order valence-corrected chi connectivity index (χ1v) is 9.96. The van der Waals surface area contributed by atoms with Crippen molar-refractivity contribution in [2.24, 2.45) is 0 Å². The minimum atomic E-state index is -0.801. The van der Waals surface area contributed by atoms with E-state index in [9.17, 15) is 14.4 Å². The number of amides is 3. The van der Waals surface area contributed by atoms with Crippen LogP contribution in [0.2, 0.25) is 0 Å². The third kappa shape index (κ3) is 8.13. The number of rotatable bonds is 7. The molecule has 2 N–H and O–H groups in total. The number of carbonyl (C=O) groups is 3. The van der Waals surface area contributed by atoms with Gasteiger partial charge in [0.05, 0.1) is 0 Å². The highest BCUT2D eigenvalue weighted by molar-refractivity contribution is 5.90. The second-order valence-corrected chi connectivity index (χ2v) is 8.73. The fourth-order valence-electron chi connectivity index (χ4n) is 2.93. The molecule has 0 saturated carbocycles. The van der Waals surface area contributed by atoms with Crippen LogP contribution in [0.3, 0.4) is 0 Å². The normalized spacial score (nSPS) is 12.5. The van der Waals surface area contributed by atoms with E-state index in [1.54, 1.807) is 20.8 Å². The van der Waals surface area contributed by atoms with E-state index in [-0.39, 0.29) is 30.4 Å². The summed E-state index contributed by atoms with van der Waals surface area (Å²) in [6, 6.07) is 6.40. The SMILES string of the molecule is Cc1cccc(C(C(=O)NC(C)C)N(C(=O)CNC(=O)OC(C)(C)C)C(C)C)c1. The summed E-state index contributed by atoms with van der Waals surface area (Å²) in [5.41, 5.74) is 1.06. The fraction of sp³-hybridized carbons (Fsp3) is 0.591. The van der Waals surface area contributed by atoms with Crippen LogP contribution in [0, 0.1) is 6.92 Å². The number of nitrogens with zero attached hydrogens (tertiary/aromatic N) is 1. The molecule has 0 saturated heterocycles. The van der Waals surface area contributed by atoms with E-state index in [0.717, 1.165) is 11.1 Å². The van der Waals surface area contributed by atoms with Crippen LogP contribution in [0.15, 0.2) is 24.3 Å². The van der Waals surface area contributed by atoms with Crippen LogP contribution in [-0.2, 0) is 14.3 Å². The number of aryl methyl sites for hydroxylation is 1. The number of nitrogens with one attached hydrogen (secondary N) is 2. The maximum Gasteiger partial charge on any atom is 0.408 e. The Bertz CT molecular complexity index is 723. The predicted octanol–water partition coefficient (Wildman–Crippen LogP) is 3.32. The largest absolute Gasteiger partial charge is 0.444 e. The Morgan fingerprint density at radius 2 is 1.72 bits per heavy atom. The summed E-state index contributed by atoms with van der Waals surface area (Å²) in [6.07, 6.45) is -0.673. The summed E-state index contributed by atoms with van der Waals surface area (Å²) in [4.78, 5) is 39.5. The average Bonchev–Trinajstić information content (AvgIpc) is 2.54. The van der Waals surface area contributed by atoms with Crippen molar-refractivity contribution in [3.05, 3.63) is 35.4 Å². The molecule has 0 spiro atoms. The van der Waals surface area contributed by atoms with E-state index >= 15 is 0 Å². The summed E-state index contributed by atoms with van der Waals surface area (Å²) in [7, 11) is 0. The maximum atomic E-state index is 13.0. The lowest BCUT2D eigenvalue weighted by molar-refractivity contribution is -0.142. The molecule has 0 aliphatic rings. The van der Waals surface area contributed by atoms with Gasteiger partial charge in [-0.2, -0.15) is 0 Å². The Hall–Kier alpha value is -2.57. The van der Waals surface area contributed by atoms with Crippen LogP contribution in [-0.4, -0.2) is 47.0 Å². The zero-order valence-electron chi connectivity index (χ0n) is 18.8. The molecule has 0 aliphatic carbocycles. The lowest BCUT2D eigenvalue weighted by Crippen LogP contribution is -2.51. The minimum Gasteiger partial charge on any atom is -0.444 e. The van der Waals surface area contributed by atoms with Crippen molar-refractivity contribution in [3.8, 4) is 0 Å². The molecule has 0 radical (unpaired) electrons. The topological polar surface area (TPSA) is 87.7 Å². The van der Waals surface area contributed by atoms with Gasteiger partial charge in [-0.25, -0.2) is 4.79 Å². The van der Waals surface area contributed by atoms with Crippen LogP contribution in [0.25, 0.3) is 0 Å². The monoisotopic (exact) mass is 405 g/mol. The molecule has 1 aromatic carbocycles. The number of ether oxygens (including phenoxy) is 1. The molecular formula is C22H35N3O4. The highest BCUT2D eigenvalue weighted by atomic mass is 16.6. The Kier molecular flexibility index (Phi) is 8.67. The molecule has 162 valence electrons. The standard InChI is InChI=1S/C22H35N3O4/c1-14(2)24-20(27)19(17-11-9-10-16(5)12-17)25(15(3)4)18(26)13-23-21(28)29-22(6,7)8/h9-12,14-15,19H,13H2,1-8H3,(H,23,28)(H,24,27). The molecule has 7 nitrogen and oxygen atoms in total. The van der Waals surface area contributed by atoms with Gasteiger partial charge in [0, 0.05) is 12.1 Å². The van der Waals surface area contributed by atoms with E-state index in [0.29, 0.717) is 0 Å². The summed E-state index contributed by atoms with van der Waals surface area (Å²) >= 11 is 0. The van der Waals surface area contributed by atoms with Crippen LogP contribution in [0.5, 0.6) is 0 Å². The fourth-order valence-corrected chi connectivity index (χ4v) is 2.93. The molecule has 0 aliphatic heterocycles. The Balaban J connectivity index is 3.14. The number of hydrogen-bond donors (Lipinski definition) is 2. The summed E-state index contributed by atoms with van der Waals surface area (Å²) in [6.45, 7) is 14.4. The van der Waals surface area contributed by atoms with E-state index in [1.165, 1.54) is 4.90 Å². The molecule has 1 aromatic rings. The quantitative estimate of drug-likeness (QED) is 0.728. The van der Waals surface area contributed by atoms with Gasteiger partial charge in [0.25, 0.3) is 0 Å². The van der Waals surface area contributed by atoms with E-state index in [1.807, 2.05) is 58.9 Å². The molecule has 1 atom stereocenters. The number of benzene rings is 1. The molecule has 3 amide bonds. The van der Waals surface area contributed by atoms with Gasteiger partial charge >= 0.3 is 6.09 Å². The van der Waals surface area contributed by atoms with Gasteiger partial charge < -0.3 is 20.3 Å². The van der Waals surface area contributed by atoms with Gasteiger partial charge in [0.1, 0.15) is 18.2 Å². The van der Waals surface area contributed by atoms with Crippen LogP contribution >= 0.6 is 0 Å². The second kappa shape index (κ2) is 10.3. The van der Waals surface area contributed by atoms with Crippen LogP contribution < -0.4 is 10.6 Å². The van der Waals surface area contributed by atoms with Crippen molar-refractivity contribution < 1.29 is 19.1 Å². The van der Waals surface area contributed by atoms with Gasteiger partial charge in [-0.05, 0) is 61.0 Å². The summed E-state index contributed by atoms with van der Waals surface area (Å²) in [5, 5.41) is 5.39. The van der Waals surface area contributed by atoms with E-state index < -0.39 is 17.7 Å². The maximum absolute atomic E-state index is 13.0. The average molecular weight is 406 g/mol. The molecule has 29 heavy (non-hydrogen) atoms. The third-order valence-corrected chi connectivity index (χ3v) is 3.94. The van der Waals surface area contributed by atoms with Gasteiger partial charge in [-0.15, -0.1) is 0 Å². The van der Waals surface area contributed by atoms with Crippen molar-refractivity contribution in [1.82, 2.24) is 15.5 Å². The first-order valence-electron chi connectivity index (χ1n) is 9.96. The molecule has 0 aromatic heterocycles. The van der Waals surface area contributed by atoms with Crippen molar-refractivity contribution in [3.63, 3.8) is 0 Å². The van der Waals surface area contributed by atoms with E-state index in [4.69, 9.17) is 4.74 Å². The Morgan fingerprint density at radius 3 is 2.21 bits per heavy atom. The number of hydrogen-bond acceptors (Lipinski definition) is 4.